The summed E-state index contributed by atoms with van der Waals surface area (Å²) >= 11 is 0. The molecule has 0 bridgehead atoms. The average molecular weight is 574 g/mol. The number of nitrogens with one attached hydrogen (secondary N) is 1. The van der Waals surface area contributed by atoms with Crippen molar-refractivity contribution in [2.75, 3.05) is 51.6 Å². The Bertz CT molecular complexity index is 817. The summed E-state index contributed by atoms with van der Waals surface area (Å²) in [5.74, 6) is -0.303. The first-order valence-corrected chi connectivity index (χ1v) is 11.9. The summed E-state index contributed by atoms with van der Waals surface area (Å²) in [4.78, 5) is 6.50. The number of hydrogen-bond donors (Lipinski definition) is 1. The topological polar surface area (TPSA) is 74.2 Å². The molecule has 7 nitrogen and oxygen atoms in total. The lowest BCUT2D eigenvalue weighted by atomic mass is 10.1. The Labute approximate surface area is 201 Å². The first-order valence-electron chi connectivity index (χ1n) is 10.3. The van der Waals surface area contributed by atoms with E-state index in [0.29, 0.717) is 45.2 Å². The molecule has 0 unspecified atom stereocenters. The van der Waals surface area contributed by atoms with Crippen LogP contribution in [0.3, 0.4) is 0 Å². The number of hydrogen-bond acceptors (Lipinski definition) is 4. The van der Waals surface area contributed by atoms with Gasteiger partial charge in [-0.25, -0.2) is 17.2 Å². The Kier molecular flexibility index (Phi) is 12.2. The number of halogens is 3. The number of benzene rings is 1. The van der Waals surface area contributed by atoms with E-state index in [1.807, 2.05) is 25.7 Å². The van der Waals surface area contributed by atoms with Gasteiger partial charge in [-0.1, -0.05) is 0 Å². The molecule has 1 aromatic carbocycles. The van der Waals surface area contributed by atoms with E-state index in [2.05, 4.69) is 10.3 Å². The number of nitrogens with zero attached hydrogens (tertiary/aromatic N) is 3. The van der Waals surface area contributed by atoms with E-state index in [4.69, 9.17) is 4.74 Å². The summed E-state index contributed by atoms with van der Waals surface area (Å²) in [7, 11) is -3.36. The van der Waals surface area contributed by atoms with Crippen molar-refractivity contribution in [1.82, 2.24) is 14.5 Å². The van der Waals surface area contributed by atoms with Crippen LogP contribution in [0.5, 0.6) is 0 Å². The van der Waals surface area contributed by atoms with E-state index in [0.717, 1.165) is 12.1 Å². The van der Waals surface area contributed by atoms with Gasteiger partial charge in [0.15, 0.2) is 5.96 Å². The lowest BCUT2D eigenvalue weighted by Crippen LogP contribution is -2.54. The van der Waals surface area contributed by atoms with Gasteiger partial charge in [0.05, 0.1) is 18.5 Å². The zero-order valence-electron chi connectivity index (χ0n) is 18.3. The molecule has 1 fully saturated rings. The number of piperazine rings is 1. The minimum Gasteiger partial charge on any atom is -0.378 e. The van der Waals surface area contributed by atoms with Gasteiger partial charge in [-0.2, -0.15) is 4.31 Å². The van der Waals surface area contributed by atoms with Crippen molar-refractivity contribution >= 4 is 40.0 Å². The van der Waals surface area contributed by atoms with Crippen LogP contribution in [0.25, 0.3) is 0 Å². The molecule has 0 atom stereocenters. The maximum Gasteiger partial charge on any atom is 0.216 e. The molecule has 31 heavy (non-hydrogen) atoms. The minimum absolute atomic E-state index is 0. The van der Waals surface area contributed by atoms with Crippen LogP contribution in [0.15, 0.2) is 23.2 Å². The van der Waals surface area contributed by atoms with Crippen LogP contribution in [0, 0.1) is 11.6 Å². The second kappa shape index (κ2) is 13.5. The normalized spacial score (nSPS) is 15.8. The minimum atomic E-state index is -3.36. The zero-order chi connectivity index (χ0) is 22.1. The third kappa shape index (κ3) is 9.15. The van der Waals surface area contributed by atoms with Gasteiger partial charge in [-0.15, -0.1) is 24.0 Å². The van der Waals surface area contributed by atoms with Gasteiger partial charge in [0.1, 0.15) is 11.6 Å². The highest BCUT2D eigenvalue weighted by Gasteiger charge is 2.28. The molecule has 1 heterocycles. The molecule has 2 rings (SSSR count). The van der Waals surface area contributed by atoms with E-state index >= 15 is 0 Å². The maximum atomic E-state index is 13.8. The maximum absolute atomic E-state index is 13.8. The van der Waals surface area contributed by atoms with Gasteiger partial charge in [0.2, 0.25) is 10.0 Å². The van der Waals surface area contributed by atoms with Crippen molar-refractivity contribution in [3.63, 3.8) is 0 Å². The van der Waals surface area contributed by atoms with Crippen LogP contribution >= 0.6 is 24.0 Å². The predicted molar refractivity (Wildman–Crippen MR) is 129 cm³/mol. The number of rotatable bonds is 9. The van der Waals surface area contributed by atoms with Crippen LogP contribution in [-0.2, 0) is 21.2 Å². The molecule has 0 amide bonds. The Morgan fingerprint density at radius 3 is 2.52 bits per heavy atom. The van der Waals surface area contributed by atoms with Crippen LogP contribution in [-0.4, -0.2) is 81.3 Å². The van der Waals surface area contributed by atoms with E-state index < -0.39 is 21.7 Å². The molecular weight excluding hydrogens is 541 g/mol. The Morgan fingerprint density at radius 2 is 1.90 bits per heavy atom. The monoisotopic (exact) mass is 574 g/mol. The fourth-order valence-corrected chi connectivity index (χ4v) is 4.42. The molecule has 0 saturated carbocycles. The highest BCUT2D eigenvalue weighted by atomic mass is 127. The summed E-state index contributed by atoms with van der Waals surface area (Å²) in [5, 5.41) is 3.19. The Balaban J connectivity index is 0.00000480. The molecule has 11 heteroatoms. The van der Waals surface area contributed by atoms with Crippen molar-refractivity contribution in [1.29, 1.82) is 0 Å². The van der Waals surface area contributed by atoms with Crippen LogP contribution in [0.2, 0.25) is 0 Å². The van der Waals surface area contributed by atoms with Crippen LogP contribution in [0.4, 0.5) is 8.78 Å². The fourth-order valence-electron chi connectivity index (χ4n) is 3.14. The first-order chi connectivity index (χ1) is 14.2. The molecule has 1 aromatic rings. The predicted octanol–water partition coefficient (Wildman–Crippen LogP) is 2.46. The lowest BCUT2D eigenvalue weighted by molar-refractivity contribution is 0.0904. The van der Waals surface area contributed by atoms with Gasteiger partial charge >= 0.3 is 0 Å². The molecule has 178 valence electrons. The van der Waals surface area contributed by atoms with Gasteiger partial charge in [-0.3, -0.25) is 4.99 Å². The Morgan fingerprint density at radius 1 is 1.23 bits per heavy atom. The van der Waals surface area contributed by atoms with E-state index in [9.17, 15) is 17.2 Å². The van der Waals surface area contributed by atoms with Gasteiger partial charge < -0.3 is 15.0 Å². The second-order valence-electron chi connectivity index (χ2n) is 7.34. The van der Waals surface area contributed by atoms with Crippen LogP contribution in [0.1, 0.15) is 26.3 Å². The average Bonchev–Trinajstić information content (AvgIpc) is 2.69. The molecule has 0 spiro atoms. The molecule has 1 N–H and O–H groups in total. The highest BCUT2D eigenvalue weighted by Crippen LogP contribution is 2.12. The summed E-state index contributed by atoms with van der Waals surface area (Å²) in [6.07, 6.45) is 0.277. The van der Waals surface area contributed by atoms with Crippen molar-refractivity contribution in [3.8, 4) is 0 Å². The number of sulfonamides is 1. The van der Waals surface area contributed by atoms with Gasteiger partial charge in [0, 0.05) is 39.3 Å². The van der Waals surface area contributed by atoms with E-state index in [-0.39, 0.29) is 54.4 Å². The third-order valence-corrected chi connectivity index (χ3v) is 6.54. The summed E-state index contributed by atoms with van der Waals surface area (Å²) < 4.78 is 58.9. The summed E-state index contributed by atoms with van der Waals surface area (Å²) in [6, 6.07) is 3.39. The first kappa shape index (κ1) is 28.0. The third-order valence-electron chi connectivity index (χ3n) is 4.71. The van der Waals surface area contributed by atoms with Crippen molar-refractivity contribution in [2.24, 2.45) is 4.99 Å². The number of aliphatic imine (C=N–C) groups is 1. The molecule has 1 aliphatic heterocycles. The molecule has 0 aromatic heterocycles. The molecule has 1 aliphatic rings. The van der Waals surface area contributed by atoms with E-state index in [1.165, 1.54) is 10.4 Å². The summed E-state index contributed by atoms with van der Waals surface area (Å²) in [5.41, 5.74) is 0.286. The number of ether oxygens (including phenoxy) is 1. The molecule has 0 aliphatic carbocycles. The van der Waals surface area contributed by atoms with E-state index in [1.54, 1.807) is 0 Å². The van der Waals surface area contributed by atoms with Crippen molar-refractivity contribution < 1.29 is 21.9 Å². The molecule has 0 radical (unpaired) electrons. The smallest absolute Gasteiger partial charge is 0.216 e. The van der Waals surface area contributed by atoms with Crippen molar-refractivity contribution in [3.05, 3.63) is 35.4 Å². The quantitative estimate of drug-likeness (QED) is 0.279. The van der Waals surface area contributed by atoms with Crippen LogP contribution < -0.4 is 5.32 Å². The largest absolute Gasteiger partial charge is 0.378 e. The van der Waals surface area contributed by atoms with Crippen molar-refractivity contribution in [2.45, 2.75) is 33.3 Å². The van der Waals surface area contributed by atoms with Gasteiger partial charge in [0.25, 0.3) is 0 Å². The molecule has 1 saturated heterocycles. The second-order valence-corrected chi connectivity index (χ2v) is 9.43. The Hall–Kier alpha value is -1.05. The molecular formula is C20H33F2IN4O3S. The summed E-state index contributed by atoms with van der Waals surface area (Å²) in [6.45, 7) is 8.56. The fraction of sp³-hybridized carbons (Fsp3) is 0.650. The van der Waals surface area contributed by atoms with Gasteiger partial charge in [-0.05, 0) is 51.0 Å². The standard InChI is InChI=1S/C20H32F2N4O3S.HI/c1-4-23-20(24-8-7-17-15-18(21)5-6-19(17)22)25-9-11-26(12-10-25)30(27,28)14-13-29-16(2)3;/h5-6,15-16H,4,7-14H2,1-3H3,(H,23,24);1H. The highest BCUT2D eigenvalue weighted by molar-refractivity contribution is 14.0. The lowest BCUT2D eigenvalue weighted by Gasteiger charge is -2.36. The SMILES string of the molecule is CCNC(=NCCc1cc(F)ccc1F)N1CCN(S(=O)(=O)CCOC(C)C)CC1.I. The number of guanidine groups is 1. The zero-order valence-corrected chi connectivity index (χ0v) is 21.5.